The van der Waals surface area contributed by atoms with E-state index in [2.05, 4.69) is 5.32 Å². The molecule has 2 atom stereocenters. The van der Waals surface area contributed by atoms with E-state index in [-0.39, 0.29) is 23.8 Å². The van der Waals surface area contributed by atoms with Crippen molar-refractivity contribution in [3.8, 4) is 0 Å². The standard InChI is InChI=1S/C13H16ClNO3S/c1-9-4-2-3-5-10(9)6-13(16)15-12-8-19(17,18)7-11(12)14/h2-5,11-12H,6-8H2,1H3,(H,15,16). The average molecular weight is 302 g/mol. The van der Waals surface area contributed by atoms with Crippen LogP contribution in [0.3, 0.4) is 0 Å². The Morgan fingerprint density at radius 2 is 2.05 bits per heavy atom. The molecule has 0 aromatic heterocycles. The van der Waals surface area contributed by atoms with Gasteiger partial charge in [-0.25, -0.2) is 8.42 Å². The number of carbonyl (C=O) groups is 1. The van der Waals surface area contributed by atoms with Gasteiger partial charge in [0.05, 0.1) is 29.3 Å². The molecule has 1 heterocycles. The lowest BCUT2D eigenvalue weighted by molar-refractivity contribution is -0.120. The lowest BCUT2D eigenvalue weighted by Gasteiger charge is -2.14. The number of nitrogens with one attached hydrogen (secondary N) is 1. The zero-order valence-electron chi connectivity index (χ0n) is 10.6. The zero-order chi connectivity index (χ0) is 14.0. The molecule has 1 aromatic rings. The van der Waals surface area contributed by atoms with Gasteiger partial charge >= 0.3 is 0 Å². The molecule has 104 valence electrons. The molecule has 1 saturated heterocycles. The summed E-state index contributed by atoms with van der Waals surface area (Å²) in [5, 5.41) is 2.17. The molecule has 1 N–H and O–H groups in total. The summed E-state index contributed by atoms with van der Waals surface area (Å²) in [5.41, 5.74) is 1.98. The van der Waals surface area contributed by atoms with Crippen molar-refractivity contribution in [3.05, 3.63) is 35.4 Å². The Balaban J connectivity index is 1.98. The Bertz CT molecular complexity index is 585. The quantitative estimate of drug-likeness (QED) is 0.849. The van der Waals surface area contributed by atoms with E-state index in [9.17, 15) is 13.2 Å². The fourth-order valence-electron chi connectivity index (χ4n) is 2.18. The van der Waals surface area contributed by atoms with Crippen molar-refractivity contribution in [2.75, 3.05) is 11.5 Å². The molecular weight excluding hydrogens is 286 g/mol. The second-order valence-corrected chi connectivity index (χ2v) is 7.58. The summed E-state index contributed by atoms with van der Waals surface area (Å²) in [6, 6.07) is 7.13. The van der Waals surface area contributed by atoms with E-state index < -0.39 is 21.3 Å². The smallest absolute Gasteiger partial charge is 0.224 e. The second kappa shape index (κ2) is 5.51. The minimum absolute atomic E-state index is 0.0656. The summed E-state index contributed by atoms with van der Waals surface area (Å²) in [4.78, 5) is 11.9. The molecular formula is C13H16ClNO3S. The van der Waals surface area contributed by atoms with Gasteiger partial charge in [0.25, 0.3) is 0 Å². The van der Waals surface area contributed by atoms with Crippen LogP contribution in [-0.4, -0.2) is 37.2 Å². The van der Waals surface area contributed by atoms with Gasteiger partial charge in [0.15, 0.2) is 9.84 Å². The molecule has 2 unspecified atom stereocenters. The maximum Gasteiger partial charge on any atom is 0.224 e. The highest BCUT2D eigenvalue weighted by Gasteiger charge is 2.37. The zero-order valence-corrected chi connectivity index (χ0v) is 12.2. The van der Waals surface area contributed by atoms with Gasteiger partial charge in [0.2, 0.25) is 5.91 Å². The van der Waals surface area contributed by atoms with Gasteiger partial charge in [0, 0.05) is 0 Å². The highest BCUT2D eigenvalue weighted by molar-refractivity contribution is 7.91. The van der Waals surface area contributed by atoms with Crippen LogP contribution in [0.25, 0.3) is 0 Å². The van der Waals surface area contributed by atoms with Crippen LogP contribution in [0.1, 0.15) is 11.1 Å². The largest absolute Gasteiger partial charge is 0.351 e. The normalized spacial score (nSPS) is 25.2. The highest BCUT2D eigenvalue weighted by atomic mass is 35.5. The van der Waals surface area contributed by atoms with Crippen molar-refractivity contribution < 1.29 is 13.2 Å². The van der Waals surface area contributed by atoms with Gasteiger partial charge in [-0.1, -0.05) is 24.3 Å². The summed E-state index contributed by atoms with van der Waals surface area (Å²) in [7, 11) is -3.12. The summed E-state index contributed by atoms with van der Waals surface area (Å²) >= 11 is 5.95. The van der Waals surface area contributed by atoms with E-state index in [1.165, 1.54) is 0 Å². The van der Waals surface area contributed by atoms with E-state index in [0.717, 1.165) is 11.1 Å². The first-order valence-corrected chi connectivity index (χ1v) is 8.31. The van der Waals surface area contributed by atoms with Crippen molar-refractivity contribution >= 4 is 27.3 Å². The molecule has 0 saturated carbocycles. The third-order valence-electron chi connectivity index (χ3n) is 3.24. The van der Waals surface area contributed by atoms with Gasteiger partial charge in [-0.15, -0.1) is 11.6 Å². The van der Waals surface area contributed by atoms with E-state index >= 15 is 0 Å². The lowest BCUT2D eigenvalue weighted by Crippen LogP contribution is -2.41. The van der Waals surface area contributed by atoms with Crippen LogP contribution in [-0.2, 0) is 21.1 Å². The molecule has 1 aliphatic rings. The Kier molecular flexibility index (Phi) is 4.16. The van der Waals surface area contributed by atoms with E-state index in [0.29, 0.717) is 0 Å². The molecule has 4 nitrogen and oxygen atoms in total. The third-order valence-corrected chi connectivity index (χ3v) is 5.62. The van der Waals surface area contributed by atoms with Gasteiger partial charge in [-0.05, 0) is 18.1 Å². The predicted molar refractivity (Wildman–Crippen MR) is 75.1 cm³/mol. The van der Waals surface area contributed by atoms with Crippen LogP contribution in [0.2, 0.25) is 0 Å². The molecule has 0 aliphatic carbocycles. The molecule has 1 aromatic carbocycles. The summed E-state index contributed by atoms with van der Waals surface area (Å²) < 4.78 is 22.8. The van der Waals surface area contributed by atoms with E-state index in [1.807, 2.05) is 31.2 Å². The summed E-state index contributed by atoms with van der Waals surface area (Å²) in [5.74, 6) is -0.327. The summed E-state index contributed by atoms with van der Waals surface area (Å²) in [6.45, 7) is 1.94. The molecule has 0 bridgehead atoms. The average Bonchev–Trinajstić information content (AvgIpc) is 2.55. The molecule has 0 spiro atoms. The van der Waals surface area contributed by atoms with Crippen LogP contribution in [0.4, 0.5) is 0 Å². The number of halogens is 1. The van der Waals surface area contributed by atoms with Crippen LogP contribution in [0.5, 0.6) is 0 Å². The molecule has 6 heteroatoms. The Morgan fingerprint density at radius 1 is 1.37 bits per heavy atom. The number of carbonyl (C=O) groups excluding carboxylic acids is 1. The Labute approximate surface area is 118 Å². The molecule has 0 radical (unpaired) electrons. The number of hydrogen-bond donors (Lipinski definition) is 1. The monoisotopic (exact) mass is 301 g/mol. The minimum atomic E-state index is -3.12. The van der Waals surface area contributed by atoms with Crippen LogP contribution >= 0.6 is 11.6 Å². The summed E-state index contributed by atoms with van der Waals surface area (Å²) in [6.07, 6.45) is 0.243. The van der Waals surface area contributed by atoms with Crippen molar-refractivity contribution in [3.63, 3.8) is 0 Å². The number of amides is 1. The molecule has 1 amide bonds. The Morgan fingerprint density at radius 3 is 2.63 bits per heavy atom. The number of benzene rings is 1. The maximum atomic E-state index is 11.9. The van der Waals surface area contributed by atoms with Gasteiger partial charge in [-0.2, -0.15) is 0 Å². The minimum Gasteiger partial charge on any atom is -0.351 e. The molecule has 1 aliphatic heterocycles. The molecule has 2 rings (SSSR count). The number of aryl methyl sites for hydroxylation is 1. The predicted octanol–water partition coefficient (Wildman–Crippen LogP) is 1.06. The van der Waals surface area contributed by atoms with Crippen molar-refractivity contribution in [2.24, 2.45) is 0 Å². The fourth-order valence-corrected chi connectivity index (χ4v) is 4.73. The highest BCUT2D eigenvalue weighted by Crippen LogP contribution is 2.18. The third kappa shape index (κ3) is 3.70. The number of hydrogen-bond acceptors (Lipinski definition) is 3. The van der Waals surface area contributed by atoms with Crippen molar-refractivity contribution in [1.29, 1.82) is 0 Å². The number of rotatable bonds is 3. The first kappa shape index (κ1) is 14.3. The van der Waals surface area contributed by atoms with Crippen molar-refractivity contribution in [2.45, 2.75) is 24.8 Å². The second-order valence-electron chi connectivity index (χ2n) is 4.87. The topological polar surface area (TPSA) is 63.2 Å². The lowest BCUT2D eigenvalue weighted by atomic mass is 10.1. The number of alkyl halides is 1. The first-order valence-electron chi connectivity index (χ1n) is 6.06. The van der Waals surface area contributed by atoms with E-state index in [1.54, 1.807) is 0 Å². The first-order chi connectivity index (χ1) is 8.87. The van der Waals surface area contributed by atoms with Gasteiger partial charge in [0.1, 0.15) is 0 Å². The molecule has 1 fully saturated rings. The Hall–Kier alpha value is -1.07. The van der Waals surface area contributed by atoms with Crippen LogP contribution in [0.15, 0.2) is 24.3 Å². The fraction of sp³-hybridized carbons (Fsp3) is 0.462. The molecule has 19 heavy (non-hydrogen) atoms. The number of sulfone groups is 1. The van der Waals surface area contributed by atoms with Crippen molar-refractivity contribution in [1.82, 2.24) is 5.32 Å². The maximum absolute atomic E-state index is 11.9. The SMILES string of the molecule is Cc1ccccc1CC(=O)NC1CS(=O)(=O)CC1Cl. The van der Waals surface area contributed by atoms with Gasteiger partial charge < -0.3 is 5.32 Å². The van der Waals surface area contributed by atoms with Crippen LogP contribution in [0, 0.1) is 6.92 Å². The van der Waals surface area contributed by atoms with Crippen LogP contribution < -0.4 is 5.32 Å². The van der Waals surface area contributed by atoms with Gasteiger partial charge in [-0.3, -0.25) is 4.79 Å². The van der Waals surface area contributed by atoms with E-state index in [4.69, 9.17) is 11.6 Å².